The molecule has 2 aromatic carbocycles. The molecule has 156 valence electrons. The predicted octanol–water partition coefficient (Wildman–Crippen LogP) is 4.40. The van der Waals surface area contributed by atoms with Crippen LogP contribution in [0.4, 0.5) is 5.69 Å². The van der Waals surface area contributed by atoms with Crippen LogP contribution in [0.1, 0.15) is 24.0 Å². The number of carbonyl (C=O) groups excluding carboxylic acids is 1. The van der Waals surface area contributed by atoms with Crippen molar-refractivity contribution in [3.8, 4) is 11.4 Å². The van der Waals surface area contributed by atoms with Crippen LogP contribution >= 0.6 is 15.9 Å². The zero-order valence-electron chi connectivity index (χ0n) is 16.6. The second-order valence-electron chi connectivity index (χ2n) is 7.13. The van der Waals surface area contributed by atoms with Gasteiger partial charge in [-0.15, -0.1) is 0 Å². The topological polar surface area (TPSA) is 73.2 Å². The van der Waals surface area contributed by atoms with Crippen LogP contribution in [0, 0.1) is 6.92 Å². The lowest BCUT2D eigenvalue weighted by molar-refractivity contribution is -0.116. The molecule has 30 heavy (non-hydrogen) atoms. The number of nitrogens with one attached hydrogen (secondary N) is 1. The van der Waals surface area contributed by atoms with E-state index in [4.69, 9.17) is 4.74 Å². The molecule has 0 unspecified atom stereocenters. The van der Waals surface area contributed by atoms with E-state index >= 15 is 0 Å². The summed E-state index contributed by atoms with van der Waals surface area (Å²) in [6.45, 7) is 2.49. The summed E-state index contributed by atoms with van der Waals surface area (Å²) < 4.78 is 21.6. The maximum atomic E-state index is 12.8. The predicted molar refractivity (Wildman–Crippen MR) is 121 cm³/mol. The van der Waals surface area contributed by atoms with Crippen LogP contribution in [0.15, 0.2) is 58.4 Å². The molecule has 0 aliphatic carbocycles. The molecule has 1 amide bonds. The van der Waals surface area contributed by atoms with E-state index in [1.54, 1.807) is 6.20 Å². The monoisotopic (exact) mass is 487 g/mol. The third kappa shape index (κ3) is 4.65. The Balaban J connectivity index is 1.34. The van der Waals surface area contributed by atoms with E-state index in [0.29, 0.717) is 30.4 Å². The maximum absolute atomic E-state index is 12.8. The van der Waals surface area contributed by atoms with Gasteiger partial charge in [0.2, 0.25) is 11.1 Å². The number of aryl methyl sites for hydroxylation is 2. The number of fused-ring (bicyclic) bond motifs is 1. The molecule has 1 aliphatic heterocycles. The lowest BCUT2D eigenvalue weighted by atomic mass is 10.0. The van der Waals surface area contributed by atoms with Gasteiger partial charge in [0.15, 0.2) is 0 Å². The Labute approximate surface area is 186 Å². The highest BCUT2D eigenvalue weighted by Gasteiger charge is 2.16. The minimum Gasteiger partial charge on any atom is -0.494 e. The first-order valence-electron chi connectivity index (χ1n) is 9.75. The molecule has 0 saturated carbocycles. The van der Waals surface area contributed by atoms with Crippen molar-refractivity contribution in [2.24, 2.45) is 0 Å². The molecular formula is C22H22BrN3O3S. The van der Waals surface area contributed by atoms with E-state index in [-0.39, 0.29) is 5.91 Å². The highest BCUT2D eigenvalue weighted by molar-refractivity contribution is 9.10. The van der Waals surface area contributed by atoms with E-state index in [1.807, 2.05) is 54.1 Å². The van der Waals surface area contributed by atoms with Crippen molar-refractivity contribution < 1.29 is 13.7 Å². The minimum atomic E-state index is -1.23. The zero-order valence-corrected chi connectivity index (χ0v) is 19.0. The smallest absolute Gasteiger partial charge is 0.224 e. The van der Waals surface area contributed by atoms with Crippen LogP contribution in [-0.2, 0) is 22.0 Å². The van der Waals surface area contributed by atoms with Gasteiger partial charge in [0.25, 0.3) is 0 Å². The van der Waals surface area contributed by atoms with Crippen LogP contribution in [-0.4, -0.2) is 32.0 Å². The summed E-state index contributed by atoms with van der Waals surface area (Å²) in [5.41, 5.74) is 3.99. The van der Waals surface area contributed by atoms with Gasteiger partial charge in [-0.2, -0.15) is 0 Å². The summed E-state index contributed by atoms with van der Waals surface area (Å²) in [6, 6.07) is 11.7. The van der Waals surface area contributed by atoms with Crippen molar-refractivity contribution in [1.82, 2.24) is 9.55 Å². The second kappa shape index (κ2) is 9.14. The fourth-order valence-electron chi connectivity index (χ4n) is 3.45. The van der Waals surface area contributed by atoms with E-state index < -0.39 is 10.8 Å². The van der Waals surface area contributed by atoms with Crippen LogP contribution < -0.4 is 10.1 Å². The van der Waals surface area contributed by atoms with Gasteiger partial charge in [-0.3, -0.25) is 13.6 Å². The average Bonchev–Trinajstić information content (AvgIpc) is 3.20. The molecule has 3 aromatic rings. The zero-order chi connectivity index (χ0) is 21.1. The number of halogens is 1. The van der Waals surface area contributed by atoms with Gasteiger partial charge in [-0.05, 0) is 67.3 Å². The van der Waals surface area contributed by atoms with Crippen LogP contribution in [0.3, 0.4) is 0 Å². The van der Waals surface area contributed by atoms with Gasteiger partial charge in [-0.1, -0.05) is 15.9 Å². The molecular weight excluding hydrogens is 466 g/mol. The number of imidazole rings is 1. The van der Waals surface area contributed by atoms with Gasteiger partial charge in [0, 0.05) is 34.7 Å². The average molecular weight is 488 g/mol. The first kappa shape index (κ1) is 20.8. The van der Waals surface area contributed by atoms with E-state index in [1.165, 1.54) is 0 Å². The molecule has 4 rings (SSSR count). The molecule has 1 N–H and O–H groups in total. The number of carbonyl (C=O) groups is 1. The quantitative estimate of drug-likeness (QED) is 0.501. The fourth-order valence-corrected chi connectivity index (χ4v) is 5.05. The molecule has 0 radical (unpaired) electrons. The second-order valence-corrected chi connectivity index (χ2v) is 9.51. The molecule has 1 aliphatic rings. The lowest BCUT2D eigenvalue weighted by Crippen LogP contribution is -2.18. The fraction of sp³-hybridized carbons (Fsp3) is 0.273. The van der Waals surface area contributed by atoms with Gasteiger partial charge in [0.1, 0.15) is 5.75 Å². The molecule has 8 heteroatoms. The maximum Gasteiger partial charge on any atom is 0.224 e. The Kier molecular flexibility index (Phi) is 6.34. The number of amides is 1. The molecule has 0 spiro atoms. The third-order valence-electron chi connectivity index (χ3n) is 4.94. The van der Waals surface area contributed by atoms with Crippen molar-refractivity contribution in [3.63, 3.8) is 0 Å². The van der Waals surface area contributed by atoms with Crippen molar-refractivity contribution in [3.05, 3.63) is 64.4 Å². The summed E-state index contributed by atoms with van der Waals surface area (Å²) in [6.07, 6.45) is 5.38. The van der Waals surface area contributed by atoms with Crippen LogP contribution in [0.25, 0.3) is 5.69 Å². The Morgan fingerprint density at radius 1 is 1.23 bits per heavy atom. The molecule has 1 aromatic heterocycles. The number of aromatic nitrogens is 2. The minimum absolute atomic E-state index is 0.0512. The van der Waals surface area contributed by atoms with E-state index in [0.717, 1.165) is 39.1 Å². The number of hydrogen-bond acceptors (Lipinski definition) is 4. The van der Waals surface area contributed by atoms with Crippen molar-refractivity contribution in [1.29, 1.82) is 0 Å². The molecule has 0 fully saturated rings. The van der Waals surface area contributed by atoms with E-state index in [2.05, 4.69) is 26.2 Å². The molecule has 0 saturated heterocycles. The summed E-state index contributed by atoms with van der Waals surface area (Å²) in [5.74, 6) is 1.28. The number of rotatable bonds is 7. The summed E-state index contributed by atoms with van der Waals surface area (Å²) >= 11 is 3.47. The SMILES string of the molecule is Cc1cc(Br)ccc1-n1ccnc1[S@@](=O)CCCOc1ccc2c(c1)CCC(=O)N2. The number of hydrogen-bond donors (Lipinski definition) is 1. The van der Waals surface area contributed by atoms with Crippen LogP contribution in [0.5, 0.6) is 5.75 Å². The Morgan fingerprint density at radius 2 is 2.10 bits per heavy atom. The van der Waals surface area contributed by atoms with Crippen molar-refractivity contribution in [2.75, 3.05) is 17.7 Å². The molecule has 6 nitrogen and oxygen atoms in total. The summed E-state index contributed by atoms with van der Waals surface area (Å²) in [4.78, 5) is 15.8. The highest BCUT2D eigenvalue weighted by Crippen LogP contribution is 2.27. The molecule has 1 atom stereocenters. The first-order valence-corrected chi connectivity index (χ1v) is 11.9. The van der Waals surface area contributed by atoms with Crippen LogP contribution in [0.2, 0.25) is 0 Å². The van der Waals surface area contributed by atoms with Crippen molar-refractivity contribution in [2.45, 2.75) is 31.3 Å². The number of nitrogens with zero attached hydrogens (tertiary/aromatic N) is 2. The third-order valence-corrected chi connectivity index (χ3v) is 6.81. The van der Waals surface area contributed by atoms with E-state index in [9.17, 15) is 9.00 Å². The van der Waals surface area contributed by atoms with Gasteiger partial charge in [-0.25, -0.2) is 4.98 Å². The number of ether oxygens (including phenoxy) is 1. The van der Waals surface area contributed by atoms with Gasteiger partial charge in [0.05, 0.1) is 23.1 Å². The number of benzene rings is 2. The standard InChI is InChI=1S/C22H22BrN3O3S/c1-15-13-17(23)4-7-20(15)26-10-9-24-22(26)30(28)12-2-11-29-18-5-6-19-16(14-18)3-8-21(27)25-19/h4-7,9-10,13-14H,2-3,8,11-12H2,1H3,(H,25,27)/t30-/m0/s1. The Morgan fingerprint density at radius 3 is 2.93 bits per heavy atom. The molecule has 2 heterocycles. The Hall–Kier alpha value is -2.45. The van der Waals surface area contributed by atoms with Gasteiger partial charge < -0.3 is 10.1 Å². The highest BCUT2D eigenvalue weighted by atomic mass is 79.9. The molecule has 0 bridgehead atoms. The first-order chi connectivity index (χ1) is 14.5. The normalized spacial score (nSPS) is 14.1. The Bertz CT molecular complexity index is 1110. The largest absolute Gasteiger partial charge is 0.494 e. The number of anilines is 1. The summed E-state index contributed by atoms with van der Waals surface area (Å²) in [5, 5.41) is 3.41. The lowest BCUT2D eigenvalue weighted by Gasteiger charge is -2.17. The summed E-state index contributed by atoms with van der Waals surface area (Å²) in [7, 11) is -1.23. The van der Waals surface area contributed by atoms with Crippen molar-refractivity contribution >= 4 is 38.3 Å². The van der Waals surface area contributed by atoms with Gasteiger partial charge >= 0.3 is 0 Å².